The first-order valence-electron chi connectivity index (χ1n) is 25.1. The number of phenolic OH excluding ortho intramolecular Hbond substituents is 1. The van der Waals surface area contributed by atoms with Gasteiger partial charge >= 0.3 is 20.2 Å². The lowest BCUT2D eigenvalue weighted by atomic mass is 9.99. The molecule has 16 nitrogen and oxygen atoms in total. The third-order valence-electron chi connectivity index (χ3n) is 13.0. The Balaban J connectivity index is 0.000000197. The molecule has 0 aliphatic carbocycles. The van der Waals surface area contributed by atoms with Crippen molar-refractivity contribution in [1.29, 1.82) is 0 Å². The van der Waals surface area contributed by atoms with Crippen LogP contribution in [0, 0.1) is 11.6 Å². The van der Waals surface area contributed by atoms with Crippen LogP contribution in [-0.2, 0) is 55.5 Å². The van der Waals surface area contributed by atoms with E-state index < -0.39 is 57.0 Å². The third kappa shape index (κ3) is 12.8. The van der Waals surface area contributed by atoms with Crippen LogP contribution in [0.15, 0.2) is 146 Å². The molecular formula is C58H55ClF2N4O12S3. The number of carbonyl (C=O) groups is 2. The van der Waals surface area contributed by atoms with E-state index in [4.69, 9.17) is 23.8 Å². The van der Waals surface area contributed by atoms with Gasteiger partial charge in [-0.3, -0.25) is 19.6 Å². The zero-order valence-corrected chi connectivity index (χ0v) is 47.3. The summed E-state index contributed by atoms with van der Waals surface area (Å²) in [5.74, 6) is -1.64. The smallest absolute Gasteiger partial charge is 0.311 e. The fourth-order valence-corrected chi connectivity index (χ4v) is 9.75. The van der Waals surface area contributed by atoms with E-state index in [0.29, 0.717) is 27.4 Å². The number of halogens is 3. The van der Waals surface area contributed by atoms with Gasteiger partial charge in [0.25, 0.3) is 11.8 Å². The minimum Gasteiger partial charge on any atom is -0.505 e. The van der Waals surface area contributed by atoms with E-state index in [1.807, 2.05) is 60.7 Å². The summed E-state index contributed by atoms with van der Waals surface area (Å²) in [7, 11) is -6.41. The Morgan fingerprint density at radius 2 is 0.925 bits per heavy atom. The highest BCUT2D eigenvalue weighted by atomic mass is 35.7. The van der Waals surface area contributed by atoms with Gasteiger partial charge in [-0.05, 0) is 112 Å². The quantitative estimate of drug-likeness (QED) is 0.0746. The van der Waals surface area contributed by atoms with Gasteiger partial charge in [-0.25, -0.2) is 17.2 Å². The number of pyridine rings is 2. The van der Waals surface area contributed by atoms with Crippen molar-refractivity contribution in [3.63, 3.8) is 0 Å². The second-order valence-corrected chi connectivity index (χ2v) is 26.9. The van der Waals surface area contributed by atoms with Crippen LogP contribution in [0.5, 0.6) is 23.0 Å². The molecule has 2 aromatic heterocycles. The first kappa shape index (κ1) is 58.4. The van der Waals surface area contributed by atoms with Crippen molar-refractivity contribution in [3.8, 4) is 23.0 Å². The van der Waals surface area contributed by atoms with Gasteiger partial charge in [0.1, 0.15) is 28.8 Å². The van der Waals surface area contributed by atoms with E-state index in [-0.39, 0.29) is 88.9 Å². The number of aromatic nitrogens is 2. The van der Waals surface area contributed by atoms with Gasteiger partial charge in [0.2, 0.25) is 9.05 Å². The molecule has 2 aliphatic rings. The summed E-state index contributed by atoms with van der Waals surface area (Å²) in [6, 6.07) is 37.5. The SMILES string of the molecule is CC(C)S(=O)(=O)Cl.CC(C)S(=O)(=O)Oc1c2c(c(O)c3ncccc13)C(=O)N(Cc1ccc(F)cc1)C2.CC(C)S(=O)(=O)Oc1c2c(c(OC(c3ccccc3)c3ccccc3)c3ncccc13)C(=O)N(Cc1ccc(F)cc1)C2. The molecule has 22 heteroatoms. The van der Waals surface area contributed by atoms with Crippen molar-refractivity contribution in [2.45, 2.75) is 89.6 Å². The lowest BCUT2D eigenvalue weighted by Gasteiger charge is -2.23. The van der Waals surface area contributed by atoms with Crippen LogP contribution in [0.4, 0.5) is 8.78 Å². The summed E-state index contributed by atoms with van der Waals surface area (Å²) in [5.41, 5.74) is 4.37. The third-order valence-corrected chi connectivity index (χ3v) is 18.3. The monoisotopic (exact) mass is 1170 g/mol. The number of nitrogens with zero attached hydrogens (tertiary/aromatic N) is 4. The average molecular weight is 1170 g/mol. The van der Waals surface area contributed by atoms with Crippen molar-refractivity contribution < 1.29 is 61.8 Å². The number of carbonyl (C=O) groups excluding carboxylic acids is 2. The van der Waals surface area contributed by atoms with Gasteiger partial charge in [0, 0.05) is 58.1 Å². The molecule has 418 valence electrons. The van der Waals surface area contributed by atoms with Crippen LogP contribution in [0.3, 0.4) is 0 Å². The summed E-state index contributed by atoms with van der Waals surface area (Å²) in [6.45, 7) is 9.54. The molecule has 1 N–H and O–H groups in total. The molecule has 0 spiro atoms. The number of hydrogen-bond acceptors (Lipinski definition) is 14. The number of ether oxygens (including phenoxy) is 1. The fraction of sp³-hybridized carbons (Fsp3) is 0.241. The number of fused-ring (bicyclic) bond motifs is 4. The summed E-state index contributed by atoms with van der Waals surface area (Å²) >= 11 is 0. The molecule has 0 unspecified atom stereocenters. The number of aromatic hydroxyl groups is 1. The molecule has 2 amide bonds. The highest BCUT2D eigenvalue weighted by molar-refractivity contribution is 8.14. The number of benzene rings is 6. The molecule has 0 radical (unpaired) electrons. The van der Waals surface area contributed by atoms with E-state index in [1.165, 1.54) is 76.9 Å². The Kier molecular flexibility index (Phi) is 17.5. The molecule has 8 aromatic rings. The molecule has 0 atom stereocenters. The Labute approximate surface area is 467 Å². The molecule has 0 bridgehead atoms. The van der Waals surface area contributed by atoms with Gasteiger partial charge < -0.3 is 28.0 Å². The zero-order chi connectivity index (χ0) is 57.8. The van der Waals surface area contributed by atoms with Gasteiger partial charge in [-0.15, -0.1) is 0 Å². The number of amides is 2. The Morgan fingerprint density at radius 3 is 1.34 bits per heavy atom. The highest BCUT2D eigenvalue weighted by Crippen LogP contribution is 2.48. The zero-order valence-electron chi connectivity index (χ0n) is 44.1. The van der Waals surface area contributed by atoms with Gasteiger partial charge in [0.15, 0.2) is 23.0 Å². The van der Waals surface area contributed by atoms with Crippen LogP contribution in [0.2, 0.25) is 0 Å². The molecule has 4 heterocycles. The standard InChI is InChI=1S/C34H29FN2O5S.C21H19FN2O5S.C3H7ClO2S/c1-22(2)43(39,40)42-32-27-14-9-19-36-30(27)33(41-31(24-10-5-3-6-11-24)25-12-7-4-8-13-25)29-28(32)21-37(34(29)38)20-23-15-17-26(35)18-16-23;1-12(2)30(27,28)29-20-15-4-3-9-23-18(15)19(25)17-16(20)11-24(21(17)26)10-13-5-7-14(22)8-6-13;1-3(2)7(4,5)6/h3-19,22,31H,20-21H2,1-2H3;3-9,12,25H,10-11H2,1-2H3;3H,1-2H3. The molecule has 6 aromatic carbocycles. The molecule has 2 aliphatic heterocycles. The van der Waals surface area contributed by atoms with Gasteiger partial charge in [-0.1, -0.05) is 84.9 Å². The lowest BCUT2D eigenvalue weighted by molar-refractivity contribution is 0.0756. The minimum absolute atomic E-state index is 0.00504. The Bertz CT molecular complexity index is 3920. The van der Waals surface area contributed by atoms with E-state index in [2.05, 4.69) is 9.97 Å². The molecule has 0 saturated heterocycles. The lowest BCUT2D eigenvalue weighted by Crippen LogP contribution is -2.23. The predicted molar refractivity (Wildman–Crippen MR) is 300 cm³/mol. The normalized spacial score (nSPS) is 13.4. The fourth-order valence-electron chi connectivity index (χ4n) is 8.52. The predicted octanol–water partition coefficient (Wildman–Crippen LogP) is 11.1. The molecule has 0 saturated carbocycles. The molecule has 0 fully saturated rings. The maximum absolute atomic E-state index is 14.2. The van der Waals surface area contributed by atoms with E-state index in [9.17, 15) is 48.7 Å². The maximum Gasteiger partial charge on any atom is 0.311 e. The van der Waals surface area contributed by atoms with Gasteiger partial charge in [0.05, 0.1) is 40.0 Å². The Morgan fingerprint density at radius 1 is 0.537 bits per heavy atom. The highest BCUT2D eigenvalue weighted by Gasteiger charge is 2.40. The Hall–Kier alpha value is -7.72. The summed E-state index contributed by atoms with van der Waals surface area (Å²) in [6.07, 6.45) is 2.41. The summed E-state index contributed by atoms with van der Waals surface area (Å²) in [5, 5.41) is 9.35. The molecule has 80 heavy (non-hydrogen) atoms. The number of rotatable bonds is 15. The van der Waals surface area contributed by atoms with E-state index >= 15 is 0 Å². The maximum atomic E-state index is 14.2. The van der Waals surface area contributed by atoms with Crippen LogP contribution >= 0.6 is 10.7 Å². The molecule has 10 rings (SSSR count). The second-order valence-electron chi connectivity index (χ2n) is 19.5. The summed E-state index contributed by atoms with van der Waals surface area (Å²) in [4.78, 5) is 38.9. The first-order chi connectivity index (χ1) is 37.9. The van der Waals surface area contributed by atoms with Crippen LogP contribution in [-0.4, -0.2) is 77.7 Å². The van der Waals surface area contributed by atoms with E-state index in [0.717, 1.165) is 16.7 Å². The van der Waals surface area contributed by atoms with Crippen molar-refractivity contribution in [1.82, 2.24) is 19.8 Å². The van der Waals surface area contributed by atoms with Crippen molar-refractivity contribution >= 4 is 73.6 Å². The van der Waals surface area contributed by atoms with Crippen molar-refractivity contribution in [2.75, 3.05) is 0 Å². The largest absolute Gasteiger partial charge is 0.505 e. The van der Waals surface area contributed by atoms with E-state index in [1.54, 1.807) is 59.6 Å². The molecular weight excluding hydrogens is 1110 g/mol. The first-order valence-corrected chi connectivity index (χ1v) is 30.4. The van der Waals surface area contributed by atoms with Crippen LogP contribution < -0.4 is 13.1 Å². The van der Waals surface area contributed by atoms with Gasteiger partial charge in [-0.2, -0.15) is 16.8 Å². The minimum atomic E-state index is -4.02. The topological polar surface area (TPSA) is 217 Å². The van der Waals surface area contributed by atoms with Crippen LogP contribution in [0.1, 0.15) is 102 Å². The van der Waals surface area contributed by atoms with Crippen molar-refractivity contribution in [2.24, 2.45) is 0 Å². The van der Waals surface area contributed by atoms with Crippen LogP contribution in [0.25, 0.3) is 21.8 Å². The summed E-state index contributed by atoms with van der Waals surface area (Å²) < 4.78 is 116. The average Bonchev–Trinajstić information content (AvgIpc) is 4.10. The van der Waals surface area contributed by atoms with Crippen molar-refractivity contribution in [3.05, 3.63) is 202 Å². The number of hydrogen-bond donors (Lipinski definition) is 1. The number of phenols is 1. The second kappa shape index (κ2) is 23.9.